The van der Waals surface area contributed by atoms with Crippen LogP contribution < -0.4 is 15.6 Å². The van der Waals surface area contributed by atoms with Gasteiger partial charge in [-0.05, 0) is 60.9 Å². The molecule has 2 aromatic carbocycles. The standard InChI is InChI=1S/C24H25N3O5S/c1-32-21-10-8-20(9-11-21)25-24(29)19-6-4-18(5-7-19)16-26-17-22(12-13-23(26)28)33(30,31)27-14-2-3-15-27/h4-13,17H,2-3,14-16H2,1H3,(H,25,29). The second-order valence-electron chi connectivity index (χ2n) is 7.82. The van der Waals surface area contributed by atoms with E-state index in [4.69, 9.17) is 4.74 Å². The number of carbonyl (C=O) groups is 1. The summed E-state index contributed by atoms with van der Waals surface area (Å²) >= 11 is 0. The molecule has 4 rings (SSSR count). The molecule has 8 nitrogen and oxygen atoms in total. The summed E-state index contributed by atoms with van der Waals surface area (Å²) in [7, 11) is -2.03. The zero-order valence-electron chi connectivity index (χ0n) is 18.2. The van der Waals surface area contributed by atoms with E-state index < -0.39 is 10.0 Å². The molecule has 1 fully saturated rings. The Morgan fingerprint density at radius 1 is 0.970 bits per heavy atom. The van der Waals surface area contributed by atoms with E-state index in [0.29, 0.717) is 30.1 Å². The predicted octanol–water partition coefficient (Wildman–Crippen LogP) is 2.94. The number of sulfonamides is 1. The molecule has 1 aromatic heterocycles. The van der Waals surface area contributed by atoms with E-state index in [1.165, 1.54) is 27.2 Å². The zero-order valence-corrected chi connectivity index (χ0v) is 19.0. The van der Waals surface area contributed by atoms with Crippen molar-refractivity contribution in [1.29, 1.82) is 0 Å². The van der Waals surface area contributed by atoms with Crippen LogP contribution in [0.5, 0.6) is 5.75 Å². The van der Waals surface area contributed by atoms with Crippen LogP contribution in [0.2, 0.25) is 0 Å². The van der Waals surface area contributed by atoms with Gasteiger partial charge in [-0.3, -0.25) is 9.59 Å². The van der Waals surface area contributed by atoms with Crippen molar-refractivity contribution < 1.29 is 17.9 Å². The predicted molar refractivity (Wildman–Crippen MR) is 125 cm³/mol. The molecule has 0 unspecified atom stereocenters. The summed E-state index contributed by atoms with van der Waals surface area (Å²) in [5.41, 5.74) is 1.59. The van der Waals surface area contributed by atoms with Gasteiger partial charge in [-0.15, -0.1) is 0 Å². The highest BCUT2D eigenvalue weighted by Gasteiger charge is 2.27. The first-order valence-electron chi connectivity index (χ1n) is 10.6. The lowest BCUT2D eigenvalue weighted by atomic mass is 10.1. The Hall–Kier alpha value is -3.43. The van der Waals surface area contributed by atoms with Crippen molar-refractivity contribution in [2.24, 2.45) is 0 Å². The SMILES string of the molecule is COc1ccc(NC(=O)c2ccc(Cn3cc(S(=O)(=O)N4CCCC4)ccc3=O)cc2)cc1. The van der Waals surface area contributed by atoms with E-state index in [-0.39, 0.29) is 22.9 Å². The minimum atomic E-state index is -3.61. The van der Waals surface area contributed by atoms with Gasteiger partial charge in [-0.25, -0.2) is 8.42 Å². The molecule has 1 aliphatic heterocycles. The summed E-state index contributed by atoms with van der Waals surface area (Å²) in [5, 5.41) is 2.82. The van der Waals surface area contributed by atoms with Crippen molar-refractivity contribution in [2.75, 3.05) is 25.5 Å². The van der Waals surface area contributed by atoms with Gasteiger partial charge in [-0.1, -0.05) is 12.1 Å². The lowest BCUT2D eigenvalue weighted by Gasteiger charge is -2.16. The number of pyridine rings is 1. The highest BCUT2D eigenvalue weighted by atomic mass is 32.2. The molecule has 0 aliphatic carbocycles. The molecule has 1 saturated heterocycles. The van der Waals surface area contributed by atoms with E-state index in [9.17, 15) is 18.0 Å². The number of carbonyl (C=O) groups excluding carboxylic acids is 1. The minimum absolute atomic E-state index is 0.111. The number of aromatic nitrogens is 1. The summed E-state index contributed by atoms with van der Waals surface area (Å²) in [6.07, 6.45) is 3.08. The molecular weight excluding hydrogens is 442 g/mol. The topological polar surface area (TPSA) is 97.7 Å². The first kappa shape index (κ1) is 22.8. The van der Waals surface area contributed by atoms with Gasteiger partial charge >= 0.3 is 0 Å². The molecular formula is C24H25N3O5S. The molecule has 0 saturated carbocycles. The second kappa shape index (κ2) is 9.60. The fraction of sp³-hybridized carbons (Fsp3) is 0.250. The van der Waals surface area contributed by atoms with E-state index in [2.05, 4.69) is 5.32 Å². The average molecular weight is 468 g/mol. The first-order chi connectivity index (χ1) is 15.9. The number of benzene rings is 2. The van der Waals surface area contributed by atoms with E-state index in [0.717, 1.165) is 18.4 Å². The molecule has 0 spiro atoms. The summed E-state index contributed by atoms with van der Waals surface area (Å²) in [4.78, 5) is 24.9. The highest BCUT2D eigenvalue weighted by molar-refractivity contribution is 7.89. The van der Waals surface area contributed by atoms with Crippen LogP contribution in [-0.4, -0.2) is 43.4 Å². The Balaban J connectivity index is 1.47. The van der Waals surface area contributed by atoms with E-state index >= 15 is 0 Å². The van der Waals surface area contributed by atoms with Gasteiger partial charge in [0.05, 0.1) is 18.6 Å². The molecule has 0 radical (unpaired) electrons. The van der Waals surface area contributed by atoms with Crippen molar-refractivity contribution in [3.05, 3.63) is 88.3 Å². The number of hydrogen-bond donors (Lipinski definition) is 1. The normalized spacial score (nSPS) is 14.2. The van der Waals surface area contributed by atoms with Gasteiger partial charge in [0, 0.05) is 36.6 Å². The van der Waals surface area contributed by atoms with Crippen LogP contribution in [0.1, 0.15) is 28.8 Å². The molecule has 0 bridgehead atoms. The smallest absolute Gasteiger partial charge is 0.255 e. The number of methoxy groups -OCH3 is 1. The van der Waals surface area contributed by atoms with Gasteiger partial charge in [0.2, 0.25) is 10.0 Å². The van der Waals surface area contributed by atoms with Crippen LogP contribution in [0.25, 0.3) is 0 Å². The van der Waals surface area contributed by atoms with Crippen molar-refractivity contribution in [2.45, 2.75) is 24.3 Å². The van der Waals surface area contributed by atoms with E-state index in [1.807, 2.05) is 0 Å². The number of hydrogen-bond acceptors (Lipinski definition) is 5. The Morgan fingerprint density at radius 2 is 1.64 bits per heavy atom. The maximum Gasteiger partial charge on any atom is 0.255 e. The van der Waals surface area contributed by atoms with E-state index in [1.54, 1.807) is 55.6 Å². The molecule has 1 aliphatic rings. The van der Waals surface area contributed by atoms with Gasteiger partial charge in [-0.2, -0.15) is 4.31 Å². The number of ether oxygens (including phenoxy) is 1. The van der Waals surface area contributed by atoms with Crippen LogP contribution in [0.3, 0.4) is 0 Å². The number of nitrogens with zero attached hydrogens (tertiary/aromatic N) is 2. The first-order valence-corrected chi connectivity index (χ1v) is 12.1. The molecule has 3 aromatic rings. The third kappa shape index (κ3) is 5.15. The maximum atomic E-state index is 12.8. The molecule has 172 valence electrons. The van der Waals surface area contributed by atoms with Gasteiger partial charge in [0.25, 0.3) is 11.5 Å². The van der Waals surface area contributed by atoms with Crippen molar-refractivity contribution in [3.8, 4) is 5.75 Å². The third-order valence-corrected chi connectivity index (χ3v) is 7.46. The van der Waals surface area contributed by atoms with Crippen molar-refractivity contribution in [3.63, 3.8) is 0 Å². The number of rotatable bonds is 7. The Morgan fingerprint density at radius 3 is 2.27 bits per heavy atom. The Bertz CT molecular complexity index is 1290. The summed E-state index contributed by atoms with van der Waals surface area (Å²) < 4.78 is 33.6. The van der Waals surface area contributed by atoms with Gasteiger partial charge < -0.3 is 14.6 Å². The lowest BCUT2D eigenvalue weighted by molar-refractivity contribution is 0.102. The Labute approximate surface area is 192 Å². The number of amides is 1. The minimum Gasteiger partial charge on any atom is -0.497 e. The summed E-state index contributed by atoms with van der Waals surface area (Å²) in [6.45, 7) is 1.20. The molecule has 2 heterocycles. The highest BCUT2D eigenvalue weighted by Crippen LogP contribution is 2.20. The van der Waals surface area contributed by atoms with Crippen LogP contribution in [0.4, 0.5) is 5.69 Å². The third-order valence-electron chi connectivity index (χ3n) is 5.58. The number of nitrogens with one attached hydrogen (secondary N) is 1. The van der Waals surface area contributed by atoms with Gasteiger partial charge in [0.15, 0.2) is 0 Å². The molecule has 33 heavy (non-hydrogen) atoms. The largest absolute Gasteiger partial charge is 0.497 e. The fourth-order valence-electron chi connectivity index (χ4n) is 3.70. The number of anilines is 1. The molecule has 1 N–H and O–H groups in total. The average Bonchev–Trinajstić information content (AvgIpc) is 3.37. The van der Waals surface area contributed by atoms with Crippen LogP contribution in [-0.2, 0) is 16.6 Å². The zero-order chi connectivity index (χ0) is 23.4. The monoisotopic (exact) mass is 467 g/mol. The lowest BCUT2D eigenvalue weighted by Crippen LogP contribution is -2.29. The van der Waals surface area contributed by atoms with Crippen molar-refractivity contribution in [1.82, 2.24) is 8.87 Å². The quantitative estimate of drug-likeness (QED) is 0.576. The van der Waals surface area contributed by atoms with Gasteiger partial charge in [0.1, 0.15) is 5.75 Å². The summed E-state index contributed by atoms with van der Waals surface area (Å²) in [5.74, 6) is 0.437. The maximum absolute atomic E-state index is 12.8. The molecule has 0 atom stereocenters. The molecule has 1 amide bonds. The second-order valence-corrected chi connectivity index (χ2v) is 9.76. The Kier molecular flexibility index (Phi) is 6.62. The van der Waals surface area contributed by atoms with Crippen LogP contribution >= 0.6 is 0 Å². The van der Waals surface area contributed by atoms with Crippen molar-refractivity contribution >= 4 is 21.6 Å². The summed E-state index contributed by atoms with van der Waals surface area (Å²) in [6, 6.07) is 16.5. The molecule has 9 heteroatoms. The fourth-order valence-corrected chi connectivity index (χ4v) is 5.24. The van der Waals surface area contributed by atoms with Crippen LogP contribution in [0.15, 0.2) is 76.6 Å². The van der Waals surface area contributed by atoms with Crippen LogP contribution in [0, 0.1) is 0 Å².